The summed E-state index contributed by atoms with van der Waals surface area (Å²) >= 11 is 5.30. The van der Waals surface area contributed by atoms with Crippen molar-refractivity contribution in [2.45, 2.75) is 46.0 Å². The highest BCUT2D eigenvalue weighted by atomic mass is 32.1. The van der Waals surface area contributed by atoms with Gasteiger partial charge in [-0.1, -0.05) is 44.7 Å². The van der Waals surface area contributed by atoms with Crippen LogP contribution in [0.2, 0.25) is 0 Å². The van der Waals surface area contributed by atoms with Crippen molar-refractivity contribution >= 4 is 28.9 Å². The van der Waals surface area contributed by atoms with Crippen LogP contribution in [0.1, 0.15) is 56.3 Å². The van der Waals surface area contributed by atoms with E-state index in [4.69, 9.17) is 26.4 Å². The van der Waals surface area contributed by atoms with Crippen molar-refractivity contribution in [3.05, 3.63) is 54.1 Å². The summed E-state index contributed by atoms with van der Waals surface area (Å²) in [5.41, 5.74) is 1.18. The standard InChI is InChI=1S/C25H34N2O4S/c1-3-5-6-7-10-17-30-21-15-13-20(14-16-21)26-25(32)27-24(28)22-11-8-9-12-23(22)31-19-18-29-4-2/h8-9,11-16H,3-7,10,17-19H2,1-2H3,(H2,26,27,28,32). The number of hydrogen-bond donors (Lipinski definition) is 2. The normalized spacial score (nSPS) is 10.4. The van der Waals surface area contributed by atoms with Crippen molar-refractivity contribution in [2.75, 3.05) is 31.7 Å². The van der Waals surface area contributed by atoms with Crippen LogP contribution in [0.4, 0.5) is 5.69 Å². The Bertz CT molecular complexity index is 827. The summed E-state index contributed by atoms with van der Waals surface area (Å²) < 4.78 is 16.7. The first-order valence-electron chi connectivity index (χ1n) is 11.3. The number of hydrogen-bond acceptors (Lipinski definition) is 5. The van der Waals surface area contributed by atoms with Gasteiger partial charge in [-0.15, -0.1) is 0 Å². The number of para-hydroxylation sites is 1. The first-order valence-corrected chi connectivity index (χ1v) is 11.7. The van der Waals surface area contributed by atoms with Crippen LogP contribution in [-0.2, 0) is 4.74 Å². The van der Waals surface area contributed by atoms with E-state index >= 15 is 0 Å². The Morgan fingerprint density at radius 2 is 1.62 bits per heavy atom. The molecule has 0 spiro atoms. The van der Waals surface area contributed by atoms with Gasteiger partial charge in [-0.05, 0) is 62.0 Å². The highest BCUT2D eigenvalue weighted by molar-refractivity contribution is 7.80. The van der Waals surface area contributed by atoms with Gasteiger partial charge in [0, 0.05) is 12.3 Å². The molecule has 174 valence electrons. The lowest BCUT2D eigenvalue weighted by Crippen LogP contribution is -2.34. The molecule has 2 N–H and O–H groups in total. The van der Waals surface area contributed by atoms with Crippen molar-refractivity contribution in [2.24, 2.45) is 0 Å². The smallest absolute Gasteiger partial charge is 0.261 e. The van der Waals surface area contributed by atoms with E-state index in [1.807, 2.05) is 37.3 Å². The second kappa shape index (κ2) is 15.2. The zero-order chi connectivity index (χ0) is 23.0. The molecule has 0 unspecified atom stereocenters. The maximum absolute atomic E-state index is 12.7. The quantitative estimate of drug-likeness (QED) is 0.285. The molecule has 1 amide bonds. The van der Waals surface area contributed by atoms with Gasteiger partial charge in [-0.2, -0.15) is 0 Å². The summed E-state index contributed by atoms with van der Waals surface area (Å²) in [6.45, 7) is 6.31. The molecule has 0 aliphatic carbocycles. The fraction of sp³-hybridized carbons (Fsp3) is 0.440. The number of unbranched alkanes of at least 4 members (excludes halogenated alkanes) is 4. The van der Waals surface area contributed by atoms with Crippen molar-refractivity contribution in [1.29, 1.82) is 0 Å². The number of thiocarbonyl (C=S) groups is 1. The average molecular weight is 459 g/mol. The Morgan fingerprint density at radius 3 is 2.38 bits per heavy atom. The molecule has 0 bridgehead atoms. The van der Waals surface area contributed by atoms with Crippen LogP contribution in [0.25, 0.3) is 0 Å². The van der Waals surface area contributed by atoms with Gasteiger partial charge in [0.05, 0.1) is 18.8 Å². The van der Waals surface area contributed by atoms with Gasteiger partial charge in [-0.25, -0.2) is 0 Å². The lowest BCUT2D eigenvalue weighted by atomic mass is 10.2. The molecule has 0 saturated heterocycles. The molecule has 0 aliphatic rings. The Labute approximate surface area is 196 Å². The molecule has 0 heterocycles. The third kappa shape index (κ3) is 9.66. The second-order valence-electron chi connectivity index (χ2n) is 7.24. The van der Waals surface area contributed by atoms with Crippen molar-refractivity contribution in [1.82, 2.24) is 5.32 Å². The summed E-state index contributed by atoms with van der Waals surface area (Å²) in [5.74, 6) is 0.973. The summed E-state index contributed by atoms with van der Waals surface area (Å²) in [7, 11) is 0. The van der Waals surface area contributed by atoms with Crippen molar-refractivity contribution in [3.63, 3.8) is 0 Å². The van der Waals surface area contributed by atoms with Gasteiger partial charge in [0.2, 0.25) is 0 Å². The van der Waals surface area contributed by atoms with Crippen molar-refractivity contribution < 1.29 is 19.0 Å². The Hall–Kier alpha value is -2.64. The third-order valence-electron chi connectivity index (χ3n) is 4.68. The summed E-state index contributed by atoms with van der Waals surface area (Å²) in [6.07, 6.45) is 6.04. The highest BCUT2D eigenvalue weighted by Gasteiger charge is 2.13. The van der Waals surface area contributed by atoms with Crippen molar-refractivity contribution in [3.8, 4) is 11.5 Å². The van der Waals surface area contributed by atoms with Gasteiger partial charge in [0.15, 0.2) is 5.11 Å². The van der Waals surface area contributed by atoms with Crippen LogP contribution in [0.3, 0.4) is 0 Å². The molecule has 7 heteroatoms. The molecule has 6 nitrogen and oxygen atoms in total. The monoisotopic (exact) mass is 458 g/mol. The van der Waals surface area contributed by atoms with Crippen LogP contribution < -0.4 is 20.1 Å². The molecular formula is C25H34N2O4S. The molecule has 2 aromatic rings. The Morgan fingerprint density at radius 1 is 0.875 bits per heavy atom. The molecule has 0 atom stereocenters. The zero-order valence-electron chi connectivity index (χ0n) is 19.0. The number of anilines is 1. The van der Waals surface area contributed by atoms with Crippen LogP contribution >= 0.6 is 12.2 Å². The zero-order valence-corrected chi connectivity index (χ0v) is 19.8. The molecule has 0 radical (unpaired) electrons. The van der Waals surface area contributed by atoms with Gasteiger partial charge < -0.3 is 19.5 Å². The minimum absolute atomic E-state index is 0.212. The van der Waals surface area contributed by atoms with Gasteiger partial charge in [-0.3, -0.25) is 10.1 Å². The number of carbonyl (C=O) groups is 1. The minimum Gasteiger partial charge on any atom is -0.494 e. The summed E-state index contributed by atoms with van der Waals surface area (Å²) in [4.78, 5) is 12.7. The number of ether oxygens (including phenoxy) is 3. The van der Waals surface area contributed by atoms with E-state index in [0.717, 1.165) is 24.5 Å². The van der Waals surface area contributed by atoms with E-state index in [2.05, 4.69) is 17.6 Å². The van der Waals surface area contributed by atoms with Crippen LogP contribution in [0.5, 0.6) is 11.5 Å². The van der Waals surface area contributed by atoms with Gasteiger partial charge >= 0.3 is 0 Å². The number of nitrogens with one attached hydrogen (secondary N) is 2. The van der Waals surface area contributed by atoms with E-state index in [1.165, 1.54) is 25.7 Å². The van der Waals surface area contributed by atoms with E-state index in [9.17, 15) is 4.79 Å². The van der Waals surface area contributed by atoms with E-state index < -0.39 is 0 Å². The number of benzene rings is 2. The SMILES string of the molecule is CCCCCCCOc1ccc(NC(=S)NC(=O)c2ccccc2OCCOCC)cc1. The third-order valence-corrected chi connectivity index (χ3v) is 4.88. The lowest BCUT2D eigenvalue weighted by molar-refractivity contribution is 0.0958. The fourth-order valence-corrected chi connectivity index (χ4v) is 3.21. The van der Waals surface area contributed by atoms with Crippen LogP contribution in [0.15, 0.2) is 48.5 Å². The summed E-state index contributed by atoms with van der Waals surface area (Å²) in [6, 6.07) is 14.6. The highest BCUT2D eigenvalue weighted by Crippen LogP contribution is 2.19. The maximum Gasteiger partial charge on any atom is 0.261 e. The predicted molar refractivity (Wildman–Crippen MR) is 133 cm³/mol. The maximum atomic E-state index is 12.7. The number of amides is 1. The van der Waals surface area contributed by atoms with E-state index in [-0.39, 0.29) is 11.0 Å². The first kappa shape index (κ1) is 25.6. The summed E-state index contributed by atoms with van der Waals surface area (Å²) in [5, 5.41) is 5.93. The largest absolute Gasteiger partial charge is 0.494 e. The van der Waals surface area contributed by atoms with E-state index in [1.54, 1.807) is 18.2 Å². The van der Waals surface area contributed by atoms with E-state index in [0.29, 0.717) is 31.1 Å². The fourth-order valence-electron chi connectivity index (χ4n) is 3.00. The molecule has 0 saturated carbocycles. The molecule has 0 fully saturated rings. The molecule has 2 rings (SSSR count). The minimum atomic E-state index is -0.336. The molecule has 0 aromatic heterocycles. The molecule has 2 aromatic carbocycles. The van der Waals surface area contributed by atoms with Gasteiger partial charge in [0.1, 0.15) is 18.1 Å². The van der Waals surface area contributed by atoms with Crippen LogP contribution in [0, 0.1) is 0 Å². The van der Waals surface area contributed by atoms with Crippen LogP contribution in [-0.4, -0.2) is 37.4 Å². The Kier molecular flexibility index (Phi) is 12.2. The first-order chi connectivity index (χ1) is 15.6. The van der Waals surface area contributed by atoms with Gasteiger partial charge in [0.25, 0.3) is 5.91 Å². The lowest BCUT2D eigenvalue weighted by Gasteiger charge is -2.13. The average Bonchev–Trinajstić information content (AvgIpc) is 2.80. The molecule has 0 aliphatic heterocycles. The Balaban J connectivity index is 1.79. The topological polar surface area (TPSA) is 68.8 Å². The number of rotatable bonds is 14. The molecular weight excluding hydrogens is 424 g/mol. The number of carbonyl (C=O) groups excluding carboxylic acids is 1. The second-order valence-corrected chi connectivity index (χ2v) is 7.65. The molecule has 32 heavy (non-hydrogen) atoms. The predicted octanol–water partition coefficient (Wildman–Crippen LogP) is 5.58.